The van der Waals surface area contributed by atoms with Crippen LogP contribution in [0.4, 0.5) is 4.79 Å². The van der Waals surface area contributed by atoms with Crippen molar-refractivity contribution in [3.8, 4) is 0 Å². The highest BCUT2D eigenvalue weighted by molar-refractivity contribution is 7.89. The molecule has 8 nitrogen and oxygen atoms in total. The van der Waals surface area contributed by atoms with Gasteiger partial charge >= 0.3 is 6.09 Å². The van der Waals surface area contributed by atoms with Crippen molar-refractivity contribution in [1.82, 2.24) is 14.5 Å². The molecule has 2 fully saturated rings. The van der Waals surface area contributed by atoms with Gasteiger partial charge in [-0.2, -0.15) is 4.31 Å². The lowest BCUT2D eigenvalue weighted by atomic mass is 9.95. The number of hydrogen-bond donors (Lipinski definition) is 1. The predicted octanol–water partition coefficient (Wildman–Crippen LogP) is 5.40. The molecule has 2 amide bonds. The SMILES string of the molecule is CC(C)(C)OC(=O)N[C@H](Cc1ccc(Cl)cc1)C(=O)N1CC[C@H](N(C2CCCCC2)S(=O)(=O)c2ccccc2)C1. The van der Waals surface area contributed by atoms with Crippen molar-refractivity contribution >= 4 is 33.6 Å². The van der Waals surface area contributed by atoms with Crippen LogP contribution >= 0.6 is 11.6 Å². The summed E-state index contributed by atoms with van der Waals surface area (Å²) in [6, 6.07) is 14.4. The number of hydrogen-bond acceptors (Lipinski definition) is 5. The normalized spacial score (nSPS) is 19.4. The van der Waals surface area contributed by atoms with Crippen molar-refractivity contribution in [2.75, 3.05) is 13.1 Å². The fraction of sp³-hybridized carbons (Fsp3) is 0.533. The number of benzene rings is 2. The molecule has 1 saturated carbocycles. The van der Waals surface area contributed by atoms with Gasteiger partial charge in [-0.15, -0.1) is 0 Å². The molecule has 0 aromatic heterocycles. The minimum atomic E-state index is -3.75. The number of nitrogens with zero attached hydrogens (tertiary/aromatic N) is 2. The molecule has 2 atom stereocenters. The van der Waals surface area contributed by atoms with E-state index < -0.39 is 27.8 Å². The van der Waals surface area contributed by atoms with E-state index in [2.05, 4.69) is 5.32 Å². The van der Waals surface area contributed by atoms with Gasteiger partial charge in [0, 0.05) is 36.6 Å². The predicted molar refractivity (Wildman–Crippen MR) is 156 cm³/mol. The summed E-state index contributed by atoms with van der Waals surface area (Å²) in [6.45, 7) is 5.97. The number of sulfonamides is 1. The van der Waals surface area contributed by atoms with Crippen LogP contribution in [0, 0.1) is 0 Å². The van der Waals surface area contributed by atoms with Gasteiger partial charge in [0.25, 0.3) is 0 Å². The van der Waals surface area contributed by atoms with Crippen molar-refractivity contribution in [3.05, 3.63) is 65.2 Å². The second-order valence-electron chi connectivity index (χ2n) is 11.7. The molecule has 0 radical (unpaired) electrons. The quantitative estimate of drug-likeness (QED) is 0.445. The van der Waals surface area contributed by atoms with Crippen molar-refractivity contribution in [2.24, 2.45) is 0 Å². The number of carbonyl (C=O) groups is 2. The molecule has 2 aliphatic rings. The summed E-state index contributed by atoms with van der Waals surface area (Å²) in [5.41, 5.74) is 0.119. The maximum absolute atomic E-state index is 13.9. The second kappa shape index (κ2) is 12.9. The van der Waals surface area contributed by atoms with Gasteiger partial charge in [0.05, 0.1) is 4.90 Å². The number of halogens is 1. The van der Waals surface area contributed by atoms with Crippen LogP contribution in [0.25, 0.3) is 0 Å². The Bertz CT molecular complexity index is 1260. The zero-order valence-electron chi connectivity index (χ0n) is 23.5. The van der Waals surface area contributed by atoms with Crippen LogP contribution in [0.5, 0.6) is 0 Å². The average molecular weight is 590 g/mol. The van der Waals surface area contributed by atoms with Crippen molar-refractivity contribution in [1.29, 1.82) is 0 Å². The van der Waals surface area contributed by atoms with E-state index in [4.69, 9.17) is 16.3 Å². The molecule has 0 unspecified atom stereocenters. The first kappa shape index (κ1) is 30.3. The molecular formula is C30H40ClN3O5S. The van der Waals surface area contributed by atoms with E-state index in [1.165, 1.54) is 0 Å². The summed E-state index contributed by atoms with van der Waals surface area (Å²) < 4.78 is 35.0. The van der Waals surface area contributed by atoms with Crippen LogP contribution in [0.15, 0.2) is 59.5 Å². The third kappa shape index (κ3) is 7.77. The molecular weight excluding hydrogens is 550 g/mol. The van der Waals surface area contributed by atoms with Crippen LogP contribution in [0.2, 0.25) is 5.02 Å². The first-order chi connectivity index (χ1) is 18.9. The Hall–Kier alpha value is -2.62. The van der Waals surface area contributed by atoms with Gasteiger partial charge in [-0.1, -0.05) is 61.2 Å². The second-order valence-corrected chi connectivity index (χ2v) is 14.0. The maximum atomic E-state index is 13.9. The van der Waals surface area contributed by atoms with Gasteiger partial charge < -0.3 is 15.0 Å². The standard InChI is InChI=1S/C30H40ClN3O5S/c1-30(2,3)39-29(36)32-27(20-22-14-16-23(31)17-15-22)28(35)33-19-18-25(21-33)34(24-10-6-4-7-11-24)40(37,38)26-12-8-5-9-13-26/h5,8-9,12-17,24-25,27H,4,6-7,10-11,18-21H2,1-3H3,(H,32,36)/t25-,27+/m0/s1. The van der Waals surface area contributed by atoms with E-state index in [1.54, 1.807) is 72.4 Å². The lowest BCUT2D eigenvalue weighted by Crippen LogP contribution is -2.52. The minimum Gasteiger partial charge on any atom is -0.444 e. The number of amides is 2. The first-order valence-corrected chi connectivity index (χ1v) is 15.9. The van der Waals surface area contributed by atoms with Gasteiger partial charge in [-0.25, -0.2) is 13.2 Å². The number of carbonyl (C=O) groups excluding carboxylic acids is 2. The Balaban J connectivity index is 1.55. The Kier molecular flexibility index (Phi) is 9.80. The van der Waals surface area contributed by atoms with Gasteiger partial charge in [-0.05, 0) is 69.9 Å². The molecule has 4 rings (SSSR count). The smallest absolute Gasteiger partial charge is 0.408 e. The van der Waals surface area contributed by atoms with E-state index in [9.17, 15) is 18.0 Å². The summed E-state index contributed by atoms with van der Waals surface area (Å²) in [5, 5.41) is 3.34. The first-order valence-electron chi connectivity index (χ1n) is 14.1. The highest BCUT2D eigenvalue weighted by Crippen LogP contribution is 2.33. The highest BCUT2D eigenvalue weighted by Gasteiger charge is 2.42. The van der Waals surface area contributed by atoms with E-state index >= 15 is 0 Å². The molecule has 2 aromatic rings. The lowest BCUT2D eigenvalue weighted by Gasteiger charge is -2.37. The molecule has 40 heavy (non-hydrogen) atoms. The number of rotatable bonds is 8. The van der Waals surface area contributed by atoms with Gasteiger partial charge in [0.1, 0.15) is 11.6 Å². The van der Waals surface area contributed by atoms with Crippen molar-refractivity contribution < 1.29 is 22.7 Å². The van der Waals surface area contributed by atoms with Crippen LogP contribution in [0.3, 0.4) is 0 Å². The monoisotopic (exact) mass is 589 g/mol. The molecule has 0 bridgehead atoms. The average Bonchev–Trinajstić information content (AvgIpc) is 3.38. The maximum Gasteiger partial charge on any atom is 0.408 e. The molecule has 2 aromatic carbocycles. The van der Waals surface area contributed by atoms with Crippen molar-refractivity contribution in [3.63, 3.8) is 0 Å². The van der Waals surface area contributed by atoms with E-state index in [-0.39, 0.29) is 35.9 Å². The van der Waals surface area contributed by atoms with Crippen LogP contribution < -0.4 is 5.32 Å². The fourth-order valence-electron chi connectivity index (χ4n) is 5.62. The summed E-state index contributed by atoms with van der Waals surface area (Å²) in [7, 11) is -3.75. The zero-order chi connectivity index (χ0) is 28.9. The summed E-state index contributed by atoms with van der Waals surface area (Å²) in [5.74, 6) is -0.260. The molecule has 1 N–H and O–H groups in total. The highest BCUT2D eigenvalue weighted by atomic mass is 35.5. The number of nitrogens with one attached hydrogen (secondary N) is 1. The number of ether oxygens (including phenoxy) is 1. The number of alkyl carbamates (subject to hydrolysis) is 1. The van der Waals surface area contributed by atoms with Crippen LogP contribution in [-0.4, -0.2) is 66.4 Å². The van der Waals surface area contributed by atoms with Gasteiger partial charge in [0.15, 0.2) is 0 Å². The summed E-state index contributed by atoms with van der Waals surface area (Å²) in [6.07, 6.45) is 4.83. The van der Waals surface area contributed by atoms with Gasteiger partial charge in [-0.3, -0.25) is 4.79 Å². The fourth-order valence-corrected chi connectivity index (χ4v) is 7.65. The largest absolute Gasteiger partial charge is 0.444 e. The molecule has 0 spiro atoms. The molecule has 1 aliphatic carbocycles. The third-order valence-electron chi connectivity index (χ3n) is 7.43. The molecule has 1 heterocycles. The van der Waals surface area contributed by atoms with E-state index in [0.717, 1.165) is 37.7 Å². The lowest BCUT2D eigenvalue weighted by molar-refractivity contribution is -0.132. The van der Waals surface area contributed by atoms with Crippen molar-refractivity contribution in [2.45, 2.75) is 94.3 Å². The van der Waals surface area contributed by atoms with Crippen LogP contribution in [0.1, 0.15) is 64.9 Å². The molecule has 1 saturated heterocycles. The Morgan fingerprint density at radius 3 is 2.27 bits per heavy atom. The Labute approximate surface area is 243 Å². The van der Waals surface area contributed by atoms with Gasteiger partial charge in [0.2, 0.25) is 15.9 Å². The molecule has 10 heteroatoms. The summed E-state index contributed by atoms with van der Waals surface area (Å²) in [4.78, 5) is 28.5. The zero-order valence-corrected chi connectivity index (χ0v) is 25.1. The number of likely N-dealkylation sites (tertiary alicyclic amines) is 1. The Morgan fingerprint density at radius 2 is 1.65 bits per heavy atom. The third-order valence-corrected chi connectivity index (χ3v) is 9.70. The Morgan fingerprint density at radius 1 is 1.00 bits per heavy atom. The summed E-state index contributed by atoms with van der Waals surface area (Å²) >= 11 is 6.04. The topological polar surface area (TPSA) is 96.0 Å². The van der Waals surface area contributed by atoms with E-state index in [1.807, 2.05) is 12.1 Å². The molecule has 1 aliphatic heterocycles. The van der Waals surface area contributed by atoms with E-state index in [0.29, 0.717) is 18.0 Å². The minimum absolute atomic E-state index is 0.0937. The molecule has 218 valence electrons. The van der Waals surface area contributed by atoms with Crippen LogP contribution in [-0.2, 0) is 26.0 Å².